The molecule has 0 radical (unpaired) electrons. The predicted octanol–water partition coefficient (Wildman–Crippen LogP) is 3.13. The molecule has 1 N–H and O–H groups in total. The number of aryl methyl sites for hydroxylation is 1. The molecule has 2 heterocycles. The number of piperidine rings is 1. The van der Waals surface area contributed by atoms with Gasteiger partial charge in [0.15, 0.2) is 5.96 Å². The molecule has 0 spiro atoms. The molecule has 0 saturated carbocycles. The molecule has 0 atom stereocenters. The number of nitrogens with zero attached hydrogens (tertiary/aromatic N) is 3. The SMILES string of the molecule is CCc1nc(CNC(=NC)N2CCC(C)CC2)cs1.I. The fraction of sp³-hybridized carbons (Fsp3) is 0.714. The molecule has 0 amide bonds. The van der Waals surface area contributed by atoms with E-state index in [2.05, 4.69) is 39.4 Å². The van der Waals surface area contributed by atoms with Gasteiger partial charge in [0.05, 0.1) is 17.2 Å². The third-order valence-electron chi connectivity index (χ3n) is 3.62. The molecule has 6 heteroatoms. The maximum atomic E-state index is 4.57. The third kappa shape index (κ3) is 4.87. The zero-order chi connectivity index (χ0) is 13.7. The lowest BCUT2D eigenvalue weighted by atomic mass is 10.00. The molecule has 4 nitrogen and oxygen atoms in total. The van der Waals surface area contributed by atoms with Crippen LogP contribution in [0.15, 0.2) is 10.4 Å². The van der Waals surface area contributed by atoms with Crippen LogP contribution < -0.4 is 5.32 Å². The maximum Gasteiger partial charge on any atom is 0.193 e. The first-order valence-electron chi connectivity index (χ1n) is 7.11. The van der Waals surface area contributed by atoms with Crippen molar-refractivity contribution in [1.29, 1.82) is 0 Å². The summed E-state index contributed by atoms with van der Waals surface area (Å²) in [7, 11) is 1.86. The van der Waals surface area contributed by atoms with Gasteiger partial charge < -0.3 is 10.2 Å². The van der Waals surface area contributed by atoms with Gasteiger partial charge in [-0.2, -0.15) is 0 Å². The molecule has 2 rings (SSSR count). The van der Waals surface area contributed by atoms with Gasteiger partial charge in [-0.15, -0.1) is 35.3 Å². The van der Waals surface area contributed by atoms with E-state index >= 15 is 0 Å². The van der Waals surface area contributed by atoms with Gasteiger partial charge >= 0.3 is 0 Å². The van der Waals surface area contributed by atoms with Crippen molar-refractivity contribution < 1.29 is 0 Å². The van der Waals surface area contributed by atoms with Crippen molar-refractivity contribution in [2.45, 2.75) is 39.7 Å². The molecule has 20 heavy (non-hydrogen) atoms. The standard InChI is InChI=1S/C14H24N4S.HI/c1-4-13-17-12(10-19-13)9-16-14(15-3)18-7-5-11(2)6-8-18;/h10-11H,4-9H2,1-3H3,(H,15,16);1H. The van der Waals surface area contributed by atoms with Gasteiger partial charge in [-0.25, -0.2) is 4.98 Å². The average Bonchev–Trinajstić information content (AvgIpc) is 2.89. The molecule has 0 unspecified atom stereocenters. The summed E-state index contributed by atoms with van der Waals surface area (Å²) in [5.74, 6) is 1.86. The lowest BCUT2D eigenvalue weighted by Crippen LogP contribution is -2.45. The van der Waals surface area contributed by atoms with E-state index in [1.807, 2.05) is 7.05 Å². The Morgan fingerprint density at radius 3 is 2.75 bits per heavy atom. The summed E-state index contributed by atoms with van der Waals surface area (Å²) in [4.78, 5) is 11.3. The Kier molecular flexibility index (Phi) is 7.79. The molecule has 1 aromatic heterocycles. The van der Waals surface area contributed by atoms with E-state index in [0.29, 0.717) is 0 Å². The summed E-state index contributed by atoms with van der Waals surface area (Å²) >= 11 is 1.74. The van der Waals surface area contributed by atoms with Crippen LogP contribution in [0.3, 0.4) is 0 Å². The number of aliphatic imine (C=N–C) groups is 1. The van der Waals surface area contributed by atoms with E-state index in [1.165, 1.54) is 17.8 Å². The molecule has 1 fully saturated rings. The Labute approximate surface area is 143 Å². The van der Waals surface area contributed by atoms with Gasteiger partial charge in [-0.3, -0.25) is 4.99 Å². The van der Waals surface area contributed by atoms with Crippen molar-refractivity contribution in [3.63, 3.8) is 0 Å². The van der Waals surface area contributed by atoms with Crippen LogP contribution in [0.25, 0.3) is 0 Å². The second-order valence-corrected chi connectivity index (χ2v) is 6.10. The minimum atomic E-state index is 0. The smallest absolute Gasteiger partial charge is 0.193 e. The maximum absolute atomic E-state index is 4.57. The third-order valence-corrected chi connectivity index (χ3v) is 4.67. The van der Waals surface area contributed by atoms with E-state index in [9.17, 15) is 0 Å². The van der Waals surface area contributed by atoms with E-state index in [0.717, 1.165) is 43.6 Å². The highest BCUT2D eigenvalue weighted by Gasteiger charge is 2.18. The van der Waals surface area contributed by atoms with Crippen molar-refractivity contribution in [2.24, 2.45) is 10.9 Å². The lowest BCUT2D eigenvalue weighted by molar-refractivity contribution is 0.273. The number of guanidine groups is 1. The molecular formula is C14H25IN4S. The molecule has 0 bridgehead atoms. The molecular weight excluding hydrogens is 383 g/mol. The molecule has 1 aromatic rings. The van der Waals surface area contributed by atoms with Crippen molar-refractivity contribution in [1.82, 2.24) is 15.2 Å². The number of hydrogen-bond donors (Lipinski definition) is 1. The minimum Gasteiger partial charge on any atom is -0.351 e. The summed E-state index contributed by atoms with van der Waals surface area (Å²) in [5.41, 5.74) is 1.12. The quantitative estimate of drug-likeness (QED) is 0.475. The number of aromatic nitrogens is 1. The minimum absolute atomic E-state index is 0. The van der Waals surface area contributed by atoms with E-state index in [4.69, 9.17) is 0 Å². The van der Waals surface area contributed by atoms with Crippen LogP contribution >= 0.6 is 35.3 Å². The number of thiazole rings is 1. The Morgan fingerprint density at radius 2 is 2.20 bits per heavy atom. The summed E-state index contributed by atoms with van der Waals surface area (Å²) in [6, 6.07) is 0. The van der Waals surface area contributed by atoms with Crippen LogP contribution in [-0.4, -0.2) is 36.0 Å². The monoisotopic (exact) mass is 408 g/mol. The number of likely N-dealkylation sites (tertiary alicyclic amines) is 1. The van der Waals surface area contributed by atoms with Crippen LogP contribution in [0, 0.1) is 5.92 Å². The predicted molar refractivity (Wildman–Crippen MR) is 97.1 cm³/mol. The van der Waals surface area contributed by atoms with Gasteiger partial charge in [0.1, 0.15) is 0 Å². The van der Waals surface area contributed by atoms with Crippen LogP contribution in [0.5, 0.6) is 0 Å². The van der Waals surface area contributed by atoms with Crippen molar-refractivity contribution in [3.8, 4) is 0 Å². The number of hydrogen-bond acceptors (Lipinski definition) is 3. The van der Waals surface area contributed by atoms with Gasteiger partial charge in [0.25, 0.3) is 0 Å². The van der Waals surface area contributed by atoms with Crippen LogP contribution in [0.4, 0.5) is 0 Å². The molecule has 0 aromatic carbocycles. The first-order chi connectivity index (χ1) is 9.22. The summed E-state index contributed by atoms with van der Waals surface area (Å²) < 4.78 is 0. The topological polar surface area (TPSA) is 40.5 Å². The fourth-order valence-electron chi connectivity index (χ4n) is 2.31. The fourth-order valence-corrected chi connectivity index (χ4v) is 3.06. The van der Waals surface area contributed by atoms with E-state index < -0.39 is 0 Å². The summed E-state index contributed by atoms with van der Waals surface area (Å²) in [5, 5.41) is 6.77. The number of rotatable bonds is 3. The van der Waals surface area contributed by atoms with Gasteiger partial charge in [-0.05, 0) is 25.2 Å². The van der Waals surface area contributed by atoms with Crippen molar-refractivity contribution in [2.75, 3.05) is 20.1 Å². The molecule has 1 aliphatic rings. The molecule has 0 aliphatic carbocycles. The first kappa shape index (κ1) is 17.7. The molecule has 114 valence electrons. The summed E-state index contributed by atoms with van der Waals surface area (Å²) in [6.07, 6.45) is 3.54. The average molecular weight is 408 g/mol. The second-order valence-electron chi connectivity index (χ2n) is 5.16. The first-order valence-corrected chi connectivity index (χ1v) is 7.99. The van der Waals surface area contributed by atoms with Gasteiger partial charge in [0, 0.05) is 25.5 Å². The Balaban J connectivity index is 0.00000200. The summed E-state index contributed by atoms with van der Waals surface area (Å²) in [6.45, 7) is 7.46. The van der Waals surface area contributed by atoms with Crippen molar-refractivity contribution >= 4 is 41.3 Å². The Bertz CT molecular complexity index is 425. The second kappa shape index (κ2) is 8.81. The van der Waals surface area contributed by atoms with Gasteiger partial charge in [-0.1, -0.05) is 13.8 Å². The van der Waals surface area contributed by atoms with Crippen LogP contribution in [0.1, 0.15) is 37.4 Å². The normalized spacial score (nSPS) is 16.9. The van der Waals surface area contributed by atoms with Gasteiger partial charge in [0.2, 0.25) is 0 Å². The largest absolute Gasteiger partial charge is 0.351 e. The molecule has 1 saturated heterocycles. The Morgan fingerprint density at radius 1 is 1.50 bits per heavy atom. The number of halogens is 1. The number of nitrogens with one attached hydrogen (secondary N) is 1. The zero-order valence-corrected chi connectivity index (χ0v) is 15.7. The van der Waals surface area contributed by atoms with E-state index in [-0.39, 0.29) is 24.0 Å². The van der Waals surface area contributed by atoms with Crippen LogP contribution in [-0.2, 0) is 13.0 Å². The highest BCUT2D eigenvalue weighted by Crippen LogP contribution is 2.16. The van der Waals surface area contributed by atoms with Crippen molar-refractivity contribution in [3.05, 3.63) is 16.1 Å². The Hall–Kier alpha value is -0.370. The highest BCUT2D eigenvalue weighted by atomic mass is 127. The van der Waals surface area contributed by atoms with Crippen LogP contribution in [0.2, 0.25) is 0 Å². The molecule has 1 aliphatic heterocycles. The zero-order valence-electron chi connectivity index (χ0n) is 12.6. The van der Waals surface area contributed by atoms with E-state index in [1.54, 1.807) is 11.3 Å². The highest BCUT2D eigenvalue weighted by molar-refractivity contribution is 14.0. The lowest BCUT2D eigenvalue weighted by Gasteiger charge is -2.32.